The van der Waals surface area contributed by atoms with Crippen molar-refractivity contribution in [1.29, 1.82) is 0 Å². The number of rotatable bonds is 4. The van der Waals surface area contributed by atoms with Crippen LogP contribution in [0.4, 0.5) is 16.2 Å². The summed E-state index contributed by atoms with van der Waals surface area (Å²) < 4.78 is 1.99. The molecule has 2 heterocycles. The molecule has 7 heteroatoms. The SMILES string of the molecule is Cc1ccc(N(Cc2nc3n(n2)CCCCC3)C(=O)Nc2cccc(Cl)c2)cc1. The summed E-state index contributed by atoms with van der Waals surface area (Å²) in [6.45, 7) is 3.21. The number of hydrogen-bond donors (Lipinski definition) is 1. The second-order valence-electron chi connectivity index (χ2n) is 7.34. The number of nitrogens with one attached hydrogen (secondary N) is 1. The van der Waals surface area contributed by atoms with Gasteiger partial charge in [-0.05, 0) is 50.1 Å². The molecule has 3 aromatic rings. The fourth-order valence-corrected chi connectivity index (χ4v) is 3.67. The molecule has 0 unspecified atom stereocenters. The lowest BCUT2D eigenvalue weighted by atomic mass is 10.2. The van der Waals surface area contributed by atoms with Crippen LogP contribution in [0.25, 0.3) is 0 Å². The van der Waals surface area contributed by atoms with Crippen LogP contribution in [0.5, 0.6) is 0 Å². The Balaban J connectivity index is 1.60. The molecular weight excluding hydrogens is 386 g/mol. The molecular formula is C22H24ClN5O. The summed E-state index contributed by atoms with van der Waals surface area (Å²) >= 11 is 6.06. The molecule has 0 saturated carbocycles. The molecule has 0 bridgehead atoms. The second-order valence-corrected chi connectivity index (χ2v) is 7.78. The van der Waals surface area contributed by atoms with Crippen LogP contribution in [0.1, 0.15) is 36.5 Å². The standard InChI is InChI=1S/C22H24ClN5O/c1-16-9-11-19(12-10-16)27(22(29)24-18-7-5-6-17(23)14-18)15-20-25-21-8-3-2-4-13-28(21)26-20/h5-7,9-12,14H,2-4,8,13,15H2,1H3,(H,24,29). The summed E-state index contributed by atoms with van der Waals surface area (Å²) in [5.74, 6) is 1.67. The van der Waals surface area contributed by atoms with Crippen molar-refractivity contribution in [3.05, 3.63) is 70.8 Å². The molecule has 1 aliphatic rings. The van der Waals surface area contributed by atoms with E-state index in [-0.39, 0.29) is 6.03 Å². The number of aromatic nitrogens is 3. The van der Waals surface area contributed by atoms with E-state index in [1.54, 1.807) is 17.0 Å². The molecule has 0 fully saturated rings. The summed E-state index contributed by atoms with van der Waals surface area (Å²) in [6, 6.07) is 14.7. The zero-order valence-corrected chi connectivity index (χ0v) is 17.2. The van der Waals surface area contributed by atoms with E-state index in [0.717, 1.165) is 42.9 Å². The molecule has 6 nitrogen and oxygen atoms in total. The Hall–Kier alpha value is -2.86. The van der Waals surface area contributed by atoms with Crippen LogP contribution in [0.2, 0.25) is 5.02 Å². The lowest BCUT2D eigenvalue weighted by molar-refractivity contribution is 0.256. The zero-order chi connectivity index (χ0) is 20.2. The molecule has 0 spiro atoms. The third kappa shape index (κ3) is 4.77. The maximum absolute atomic E-state index is 13.1. The molecule has 1 aliphatic heterocycles. The molecule has 29 heavy (non-hydrogen) atoms. The molecule has 0 atom stereocenters. The van der Waals surface area contributed by atoms with E-state index in [9.17, 15) is 4.79 Å². The molecule has 0 saturated heterocycles. The minimum atomic E-state index is -0.249. The Kier molecular flexibility index (Phi) is 5.81. The molecule has 1 aromatic heterocycles. The number of amides is 2. The number of benzene rings is 2. The summed E-state index contributed by atoms with van der Waals surface area (Å²) in [5, 5.41) is 8.16. The number of anilines is 2. The minimum absolute atomic E-state index is 0.249. The Morgan fingerprint density at radius 1 is 1.17 bits per heavy atom. The Morgan fingerprint density at radius 3 is 2.79 bits per heavy atom. The van der Waals surface area contributed by atoms with Gasteiger partial charge in [-0.25, -0.2) is 14.5 Å². The van der Waals surface area contributed by atoms with Gasteiger partial charge in [0.25, 0.3) is 0 Å². The minimum Gasteiger partial charge on any atom is -0.307 e. The first-order chi connectivity index (χ1) is 14.1. The van der Waals surface area contributed by atoms with E-state index < -0.39 is 0 Å². The second kappa shape index (κ2) is 8.66. The third-order valence-electron chi connectivity index (χ3n) is 5.03. The van der Waals surface area contributed by atoms with E-state index in [4.69, 9.17) is 16.6 Å². The van der Waals surface area contributed by atoms with Crippen LogP contribution in [-0.2, 0) is 19.5 Å². The van der Waals surface area contributed by atoms with Crippen LogP contribution in [0, 0.1) is 6.92 Å². The normalized spacial score (nSPS) is 13.4. The van der Waals surface area contributed by atoms with Crippen molar-refractivity contribution < 1.29 is 4.79 Å². The summed E-state index contributed by atoms with van der Waals surface area (Å²) in [5.41, 5.74) is 2.57. The van der Waals surface area contributed by atoms with E-state index in [2.05, 4.69) is 10.4 Å². The van der Waals surface area contributed by atoms with Crippen LogP contribution in [0.15, 0.2) is 48.5 Å². The molecule has 4 rings (SSSR count). The van der Waals surface area contributed by atoms with E-state index in [0.29, 0.717) is 23.1 Å². The topological polar surface area (TPSA) is 63.1 Å². The molecule has 0 aliphatic carbocycles. The summed E-state index contributed by atoms with van der Waals surface area (Å²) in [7, 11) is 0. The summed E-state index contributed by atoms with van der Waals surface area (Å²) in [4.78, 5) is 19.5. The van der Waals surface area contributed by atoms with Crippen molar-refractivity contribution in [2.45, 2.75) is 45.7 Å². The predicted octanol–water partition coefficient (Wildman–Crippen LogP) is 5.21. The van der Waals surface area contributed by atoms with Gasteiger partial charge in [0.05, 0.1) is 6.54 Å². The third-order valence-corrected chi connectivity index (χ3v) is 5.26. The van der Waals surface area contributed by atoms with Crippen LogP contribution in [0.3, 0.4) is 0 Å². The van der Waals surface area contributed by atoms with E-state index >= 15 is 0 Å². The number of aryl methyl sites for hydroxylation is 3. The number of nitrogens with zero attached hydrogens (tertiary/aromatic N) is 4. The molecule has 2 amide bonds. The number of halogens is 1. The quantitative estimate of drug-likeness (QED) is 0.643. The van der Waals surface area contributed by atoms with Gasteiger partial charge >= 0.3 is 6.03 Å². The number of carbonyl (C=O) groups is 1. The molecule has 2 aromatic carbocycles. The Morgan fingerprint density at radius 2 is 2.00 bits per heavy atom. The Labute approximate surface area is 175 Å². The first-order valence-corrected chi connectivity index (χ1v) is 10.3. The number of hydrogen-bond acceptors (Lipinski definition) is 3. The van der Waals surface area contributed by atoms with Crippen molar-refractivity contribution >= 4 is 29.0 Å². The zero-order valence-electron chi connectivity index (χ0n) is 16.4. The van der Waals surface area contributed by atoms with E-state index in [1.165, 1.54) is 6.42 Å². The van der Waals surface area contributed by atoms with Crippen molar-refractivity contribution in [1.82, 2.24) is 14.8 Å². The monoisotopic (exact) mass is 409 g/mol. The summed E-state index contributed by atoms with van der Waals surface area (Å²) in [6.07, 6.45) is 4.39. The Bertz CT molecular complexity index is 975. The van der Waals surface area contributed by atoms with Crippen molar-refractivity contribution in [2.24, 2.45) is 0 Å². The fraction of sp³-hybridized carbons (Fsp3) is 0.318. The largest absolute Gasteiger partial charge is 0.326 e. The van der Waals surface area contributed by atoms with Gasteiger partial charge in [0, 0.05) is 29.4 Å². The highest BCUT2D eigenvalue weighted by molar-refractivity contribution is 6.30. The van der Waals surface area contributed by atoms with E-state index in [1.807, 2.05) is 48.0 Å². The molecule has 0 radical (unpaired) electrons. The van der Waals surface area contributed by atoms with Gasteiger partial charge in [-0.2, -0.15) is 5.10 Å². The van der Waals surface area contributed by atoms with Crippen LogP contribution in [-0.4, -0.2) is 20.8 Å². The first-order valence-electron chi connectivity index (χ1n) is 9.92. The smallest absolute Gasteiger partial charge is 0.307 e. The highest BCUT2D eigenvalue weighted by Crippen LogP contribution is 2.21. The lowest BCUT2D eigenvalue weighted by Crippen LogP contribution is -2.35. The first kappa shape index (κ1) is 19.5. The highest BCUT2D eigenvalue weighted by atomic mass is 35.5. The van der Waals surface area contributed by atoms with Gasteiger partial charge in [-0.15, -0.1) is 0 Å². The van der Waals surface area contributed by atoms with Gasteiger partial charge in [0.1, 0.15) is 5.82 Å². The fourth-order valence-electron chi connectivity index (χ4n) is 3.48. The van der Waals surface area contributed by atoms with Gasteiger partial charge in [0.2, 0.25) is 0 Å². The van der Waals surface area contributed by atoms with Gasteiger partial charge in [0.15, 0.2) is 5.82 Å². The number of carbonyl (C=O) groups excluding carboxylic acids is 1. The van der Waals surface area contributed by atoms with Crippen molar-refractivity contribution in [2.75, 3.05) is 10.2 Å². The average molecular weight is 410 g/mol. The van der Waals surface area contributed by atoms with Crippen molar-refractivity contribution in [3.8, 4) is 0 Å². The highest BCUT2D eigenvalue weighted by Gasteiger charge is 2.21. The van der Waals surface area contributed by atoms with Crippen LogP contribution < -0.4 is 10.2 Å². The van der Waals surface area contributed by atoms with Gasteiger partial charge in [-0.1, -0.05) is 41.8 Å². The maximum atomic E-state index is 13.1. The number of urea groups is 1. The van der Waals surface area contributed by atoms with Gasteiger partial charge in [-0.3, -0.25) is 4.90 Å². The molecule has 150 valence electrons. The molecule has 1 N–H and O–H groups in total. The predicted molar refractivity (Wildman–Crippen MR) is 115 cm³/mol. The maximum Gasteiger partial charge on any atom is 0.326 e. The number of fused-ring (bicyclic) bond motifs is 1. The van der Waals surface area contributed by atoms with Crippen LogP contribution >= 0.6 is 11.6 Å². The van der Waals surface area contributed by atoms with Gasteiger partial charge < -0.3 is 5.32 Å². The lowest BCUT2D eigenvalue weighted by Gasteiger charge is -2.22. The van der Waals surface area contributed by atoms with Crippen molar-refractivity contribution in [3.63, 3.8) is 0 Å². The average Bonchev–Trinajstić information content (AvgIpc) is 2.95.